The van der Waals surface area contributed by atoms with Gasteiger partial charge in [0.15, 0.2) is 0 Å². The highest BCUT2D eigenvalue weighted by atomic mass is 16.5. The van der Waals surface area contributed by atoms with Crippen molar-refractivity contribution in [1.29, 1.82) is 0 Å². The van der Waals surface area contributed by atoms with Gasteiger partial charge in [-0.2, -0.15) is 0 Å². The van der Waals surface area contributed by atoms with E-state index in [1.807, 2.05) is 0 Å². The average molecular weight is 308 g/mol. The molecule has 0 spiro atoms. The zero-order chi connectivity index (χ0) is 16.4. The second-order valence-corrected chi connectivity index (χ2v) is 3.58. The van der Waals surface area contributed by atoms with Crippen LogP contribution in [-0.4, -0.2) is 52.3 Å². The predicted octanol–water partition coefficient (Wildman–Crippen LogP) is 0.249. The summed E-state index contributed by atoms with van der Waals surface area (Å²) in [5.74, 6) is -0.00528. The Bertz CT molecular complexity index is 585. The molecule has 2 aromatic heterocycles. The van der Waals surface area contributed by atoms with E-state index >= 15 is 0 Å². The Balaban J connectivity index is 0.000000224. The topological polar surface area (TPSA) is 117 Å². The molecule has 2 rings (SSSR count). The van der Waals surface area contributed by atoms with Gasteiger partial charge in [-0.05, 0) is 0 Å². The van der Waals surface area contributed by atoms with Crippen LogP contribution in [0.5, 0.6) is 11.8 Å². The number of hydrogen-bond donors (Lipinski definition) is 1. The van der Waals surface area contributed by atoms with Crippen molar-refractivity contribution in [2.75, 3.05) is 21.3 Å². The van der Waals surface area contributed by atoms with Crippen LogP contribution in [0.1, 0.15) is 16.2 Å². The van der Waals surface area contributed by atoms with Crippen LogP contribution in [0.4, 0.5) is 0 Å². The van der Waals surface area contributed by atoms with E-state index in [1.54, 1.807) is 0 Å². The summed E-state index contributed by atoms with van der Waals surface area (Å²) < 4.78 is 14.1. The molecule has 9 nitrogen and oxygen atoms in total. The lowest BCUT2D eigenvalue weighted by atomic mass is 10.4. The molecule has 0 amide bonds. The summed E-state index contributed by atoms with van der Waals surface area (Å²) in [6, 6.07) is 0. The van der Waals surface area contributed by atoms with Crippen molar-refractivity contribution in [3.05, 3.63) is 36.2 Å². The molecule has 2 heterocycles. The van der Waals surface area contributed by atoms with Crippen molar-refractivity contribution in [3.63, 3.8) is 0 Å². The molecule has 2 aromatic rings. The first-order chi connectivity index (χ1) is 10.7. The number of aliphatic hydroxyl groups excluding tert-OH is 1. The molecule has 0 saturated carbocycles. The van der Waals surface area contributed by atoms with E-state index in [4.69, 9.17) is 14.6 Å². The second-order valence-electron chi connectivity index (χ2n) is 3.58. The monoisotopic (exact) mass is 308 g/mol. The molecule has 0 atom stereocenters. The fourth-order valence-electron chi connectivity index (χ4n) is 1.34. The summed E-state index contributed by atoms with van der Waals surface area (Å²) in [6.07, 6.45) is 5.85. The van der Waals surface area contributed by atoms with Crippen molar-refractivity contribution in [2.45, 2.75) is 6.61 Å². The zero-order valence-corrected chi connectivity index (χ0v) is 12.4. The Kier molecular flexibility index (Phi) is 7.20. The summed E-state index contributed by atoms with van der Waals surface area (Å²) in [4.78, 5) is 26.2. The minimum Gasteiger partial charge on any atom is -0.480 e. The molecule has 0 unspecified atom stereocenters. The number of esters is 1. The summed E-state index contributed by atoms with van der Waals surface area (Å²) in [5, 5.41) is 8.67. The van der Waals surface area contributed by atoms with E-state index < -0.39 is 5.97 Å². The maximum atomic E-state index is 11.0. The minimum absolute atomic E-state index is 0.0856. The molecule has 22 heavy (non-hydrogen) atoms. The Morgan fingerprint density at radius 3 is 2.00 bits per heavy atom. The van der Waals surface area contributed by atoms with Gasteiger partial charge >= 0.3 is 5.97 Å². The molecule has 1 N–H and O–H groups in total. The van der Waals surface area contributed by atoms with Crippen molar-refractivity contribution >= 4 is 5.97 Å². The highest BCUT2D eigenvalue weighted by molar-refractivity contribution is 5.89. The fourth-order valence-corrected chi connectivity index (χ4v) is 1.34. The Labute approximate surface area is 126 Å². The quantitative estimate of drug-likeness (QED) is 0.793. The summed E-state index contributed by atoms with van der Waals surface area (Å²) in [5.41, 5.74) is 0.549. The highest BCUT2D eigenvalue weighted by Crippen LogP contribution is 2.10. The van der Waals surface area contributed by atoms with Crippen LogP contribution in [0.3, 0.4) is 0 Å². The van der Waals surface area contributed by atoms with Gasteiger partial charge in [-0.25, -0.2) is 19.7 Å². The van der Waals surface area contributed by atoms with Crippen LogP contribution >= 0.6 is 0 Å². The first-order valence-corrected chi connectivity index (χ1v) is 6.05. The molecule has 0 bridgehead atoms. The van der Waals surface area contributed by atoms with E-state index in [9.17, 15) is 4.79 Å². The lowest BCUT2D eigenvalue weighted by Gasteiger charge is -2.02. The van der Waals surface area contributed by atoms with Gasteiger partial charge in [-0.15, -0.1) is 0 Å². The largest absolute Gasteiger partial charge is 0.480 e. The van der Waals surface area contributed by atoms with Crippen LogP contribution in [-0.2, 0) is 11.3 Å². The minimum atomic E-state index is -0.556. The molecule has 0 fully saturated rings. The lowest BCUT2D eigenvalue weighted by Crippen LogP contribution is -2.07. The number of carbonyl (C=O) groups is 1. The van der Waals surface area contributed by atoms with Crippen molar-refractivity contribution in [3.8, 4) is 11.8 Å². The predicted molar refractivity (Wildman–Crippen MR) is 74.4 cm³/mol. The number of hydrogen-bond acceptors (Lipinski definition) is 9. The Morgan fingerprint density at radius 1 is 0.955 bits per heavy atom. The van der Waals surface area contributed by atoms with Crippen LogP contribution in [0.2, 0.25) is 0 Å². The number of aliphatic hydroxyl groups is 1. The number of aromatic nitrogens is 4. The van der Waals surface area contributed by atoms with Gasteiger partial charge in [0.05, 0.1) is 27.9 Å². The lowest BCUT2D eigenvalue weighted by molar-refractivity contribution is 0.0589. The zero-order valence-electron chi connectivity index (χ0n) is 12.4. The Hall–Kier alpha value is -2.81. The van der Waals surface area contributed by atoms with Gasteiger partial charge < -0.3 is 19.3 Å². The fraction of sp³-hybridized carbons (Fsp3) is 0.308. The van der Waals surface area contributed by atoms with Gasteiger partial charge in [0.1, 0.15) is 5.69 Å². The molecule has 0 aliphatic carbocycles. The third-order valence-corrected chi connectivity index (χ3v) is 2.32. The molecule has 0 aromatic carbocycles. The summed E-state index contributed by atoms with van der Waals surface area (Å²) >= 11 is 0. The molecule has 0 saturated heterocycles. The first kappa shape index (κ1) is 17.2. The van der Waals surface area contributed by atoms with Crippen molar-refractivity contribution in [2.24, 2.45) is 0 Å². The van der Waals surface area contributed by atoms with E-state index in [-0.39, 0.29) is 18.2 Å². The van der Waals surface area contributed by atoms with Crippen LogP contribution in [0.25, 0.3) is 0 Å². The number of methoxy groups -OCH3 is 3. The maximum Gasteiger partial charge on any atom is 0.362 e. The number of rotatable bonds is 4. The van der Waals surface area contributed by atoms with Crippen LogP contribution in [0, 0.1) is 0 Å². The average Bonchev–Trinajstić information content (AvgIpc) is 2.61. The normalized spacial score (nSPS) is 9.27. The number of carbonyl (C=O) groups excluding carboxylic acids is 1. The standard InChI is InChI=1S/C7H8N2O3.C6H8N2O2/c1-11-6-5(7(10)12-2)8-3-4-9-6;1-10-6-5(4-9)7-2-3-8-6/h3-4H,1-2H3;2-3,9H,4H2,1H3. The molecule has 0 aliphatic heterocycles. The van der Waals surface area contributed by atoms with Gasteiger partial charge in [0.25, 0.3) is 0 Å². The van der Waals surface area contributed by atoms with E-state index in [0.29, 0.717) is 11.6 Å². The van der Waals surface area contributed by atoms with Gasteiger partial charge in [0, 0.05) is 24.8 Å². The first-order valence-electron chi connectivity index (χ1n) is 6.05. The SMILES string of the molecule is COC(=O)c1nccnc1OC.COc1nccnc1CO. The molecule has 0 radical (unpaired) electrons. The third kappa shape index (κ3) is 4.63. The summed E-state index contributed by atoms with van der Waals surface area (Å²) in [6.45, 7) is -0.142. The second kappa shape index (κ2) is 9.19. The third-order valence-electron chi connectivity index (χ3n) is 2.32. The van der Waals surface area contributed by atoms with Gasteiger partial charge in [-0.1, -0.05) is 0 Å². The molecule has 0 aliphatic rings. The van der Waals surface area contributed by atoms with Gasteiger partial charge in [-0.3, -0.25) is 4.98 Å². The molecular formula is C13H16N4O5. The van der Waals surface area contributed by atoms with Crippen molar-refractivity contribution < 1.29 is 24.1 Å². The van der Waals surface area contributed by atoms with Crippen molar-refractivity contribution in [1.82, 2.24) is 19.9 Å². The Morgan fingerprint density at radius 2 is 1.50 bits per heavy atom. The van der Waals surface area contributed by atoms with E-state index in [2.05, 4.69) is 24.7 Å². The number of nitrogens with zero attached hydrogens (tertiary/aromatic N) is 4. The maximum absolute atomic E-state index is 11.0. The molecular weight excluding hydrogens is 292 g/mol. The number of ether oxygens (including phenoxy) is 3. The van der Waals surface area contributed by atoms with Crippen LogP contribution in [0.15, 0.2) is 24.8 Å². The van der Waals surface area contributed by atoms with E-state index in [1.165, 1.54) is 46.1 Å². The van der Waals surface area contributed by atoms with E-state index in [0.717, 1.165) is 0 Å². The molecule has 9 heteroatoms. The summed E-state index contributed by atoms with van der Waals surface area (Å²) in [7, 11) is 4.18. The smallest absolute Gasteiger partial charge is 0.362 e. The van der Waals surface area contributed by atoms with Gasteiger partial charge in [0.2, 0.25) is 17.5 Å². The highest BCUT2D eigenvalue weighted by Gasteiger charge is 2.14. The van der Waals surface area contributed by atoms with Crippen LogP contribution < -0.4 is 9.47 Å². The molecule has 118 valence electrons.